The third kappa shape index (κ3) is 7440000. The van der Waals surface area contributed by atoms with Crippen LogP contribution in [-0.4, -0.2) is 66.8 Å². The first-order chi connectivity index (χ1) is 2.00. The Morgan fingerprint density at radius 2 is 0.533 bits per heavy atom. The van der Waals surface area contributed by atoms with Crippen molar-refractivity contribution in [2.45, 2.75) is 0 Å². The normalized spacial score (nSPS) is 3.87. The molecule has 0 amide bonds. The van der Waals surface area contributed by atoms with E-state index in [1.165, 1.54) is 0 Å². The molecule has 20 N–H and O–H groups in total. The fourth-order valence-corrected chi connectivity index (χ4v) is 0. The van der Waals surface area contributed by atoms with E-state index in [9.17, 15) is 0 Å². The van der Waals surface area contributed by atoms with Crippen LogP contribution in [-0.2, 0) is 27.2 Å². The molecule has 0 aromatic heterocycles. The van der Waals surface area contributed by atoms with Crippen molar-refractivity contribution in [1.82, 2.24) is 0 Å². The summed E-state index contributed by atoms with van der Waals surface area (Å²) >= 11 is 0. The second-order valence-corrected chi connectivity index (χ2v) is 1.34. The molecule has 0 aliphatic heterocycles. The monoisotopic (exact) mass is 319 g/mol. The van der Waals surface area contributed by atoms with Gasteiger partial charge in [-0.25, -0.2) is 0 Å². The molecule has 13 nitrogen and oxygen atoms in total. The average molecular weight is 319 g/mol. The first kappa shape index (κ1) is 183. The van der Waals surface area contributed by atoms with E-state index in [-0.39, 0.29) is 66.1 Å². The van der Waals surface area contributed by atoms with Crippen LogP contribution in [0.5, 0.6) is 0 Å². The topological polar surface area (TPSA) is 358 Å². The van der Waals surface area contributed by atoms with E-state index in [1.54, 1.807) is 0 Å². The quantitative estimate of drug-likeness (QED) is 0.410. The third-order valence-corrected chi connectivity index (χ3v) is 0. The molecular weight excluding hydrogens is 299 g/mol. The molecule has 15 heteroatoms. The van der Waals surface area contributed by atoms with Crippen molar-refractivity contribution in [3.8, 4) is 0 Å². The van der Waals surface area contributed by atoms with E-state index in [2.05, 4.69) is 0 Å². The molecule has 1 radical (unpaired) electrons. The summed E-state index contributed by atoms with van der Waals surface area (Å²) in [6.45, 7) is 0. The van der Waals surface area contributed by atoms with Crippen LogP contribution >= 0.6 is 0 Å². The predicted molar refractivity (Wildman–Crippen MR) is 46.7 cm³/mol. The van der Waals surface area contributed by atoms with Crippen molar-refractivity contribution in [3.05, 3.63) is 0 Å². The van der Waals surface area contributed by atoms with Crippen LogP contribution < -0.4 is 0 Å². The molecule has 0 saturated carbocycles. The van der Waals surface area contributed by atoms with Gasteiger partial charge in [0.1, 0.15) is 0 Å². The van der Waals surface area contributed by atoms with Gasteiger partial charge in [0.2, 0.25) is 0 Å². The van der Waals surface area contributed by atoms with Crippen LogP contribution in [0.25, 0.3) is 0 Å². The van der Waals surface area contributed by atoms with Crippen LogP contribution in [0.2, 0.25) is 0 Å². The summed E-state index contributed by atoms with van der Waals surface area (Å²) in [4.78, 5) is 0. The van der Waals surface area contributed by atoms with E-state index in [4.69, 9.17) is 17.5 Å². The molecule has 0 bridgehead atoms. The summed E-state index contributed by atoms with van der Waals surface area (Å²) in [5.74, 6) is 0. The molecule has 0 spiro atoms. The number of hydrogen-bond donors (Lipinski definition) is 2. The predicted octanol–water partition coefficient (Wildman–Crippen LogP) is -8.08. The van der Waals surface area contributed by atoms with Gasteiger partial charge in [0.15, 0.2) is 0 Å². The Morgan fingerprint density at radius 3 is 0.533 bits per heavy atom. The zero-order chi connectivity index (χ0) is 4.50. The summed E-state index contributed by atoms with van der Waals surface area (Å²) in [7, 11) is -4.67. The minimum Gasteiger partial charge on any atom is -0.412 e. The summed E-state index contributed by atoms with van der Waals surface area (Å²) in [6, 6.07) is 0. The van der Waals surface area contributed by atoms with Crippen molar-refractivity contribution in [3.63, 3.8) is 0 Å². The number of hydrogen-bond acceptors (Lipinski definition) is 2. The van der Waals surface area contributed by atoms with Crippen LogP contribution in [0, 0.1) is 0 Å². The van der Waals surface area contributed by atoms with Crippen molar-refractivity contribution in [1.29, 1.82) is 0 Å². The Balaban J connectivity index is -0.00000000178. The smallest absolute Gasteiger partial charge is 0.394 e. The maximum absolute atomic E-state index is 8.74. The second-order valence-electron chi connectivity index (χ2n) is 0.448. The van der Waals surface area contributed by atoms with E-state index in [0.717, 1.165) is 0 Å². The molecule has 0 aromatic rings. The molecule has 0 rings (SSSR count). The zero-order valence-electron chi connectivity index (χ0n) is 6.95. The van der Waals surface area contributed by atoms with Crippen LogP contribution in [0.15, 0.2) is 0 Å². The van der Waals surface area contributed by atoms with Gasteiger partial charge in [0, 0.05) is 16.8 Å². The Kier molecular flexibility index (Phi) is 800. The van der Waals surface area contributed by atoms with Gasteiger partial charge in [-0.15, -0.1) is 0 Å². The minimum atomic E-state index is -4.67. The van der Waals surface area contributed by atoms with E-state index < -0.39 is 10.4 Å². The van der Waals surface area contributed by atoms with Crippen LogP contribution in [0.4, 0.5) is 0 Å². The standard InChI is InChI=1S/Co.H2O4S.9H2O/c;1-5(2,3)4;;;;;;;;;/h;(H2,1,2,3,4);9*1H2. The Hall–Kier alpha value is 0.0165. The Labute approximate surface area is 94.7 Å². The molecule has 0 fully saturated rings. The summed E-state index contributed by atoms with van der Waals surface area (Å²) in [5, 5.41) is 0. The van der Waals surface area contributed by atoms with Gasteiger partial charge in [-0.05, 0) is 0 Å². The molecule has 0 saturated heterocycles. The third-order valence-electron chi connectivity index (χ3n) is 0. The van der Waals surface area contributed by atoms with E-state index in [1.807, 2.05) is 0 Å². The van der Waals surface area contributed by atoms with Gasteiger partial charge in [-0.3, -0.25) is 9.11 Å². The fourth-order valence-electron chi connectivity index (χ4n) is 0. The fraction of sp³-hybridized carbons (Fsp3) is 0. The maximum atomic E-state index is 8.74. The Morgan fingerprint density at radius 1 is 0.533 bits per heavy atom. The summed E-state index contributed by atoms with van der Waals surface area (Å²) in [5.41, 5.74) is 0. The van der Waals surface area contributed by atoms with Gasteiger partial charge in [-0.2, -0.15) is 8.42 Å². The molecule has 113 valence electrons. The van der Waals surface area contributed by atoms with Crippen LogP contribution in [0.3, 0.4) is 0 Å². The zero-order valence-corrected chi connectivity index (χ0v) is 8.81. The van der Waals surface area contributed by atoms with Gasteiger partial charge < -0.3 is 49.3 Å². The van der Waals surface area contributed by atoms with Gasteiger partial charge >= 0.3 is 10.4 Å². The first-order valence-corrected chi connectivity index (χ1v) is 2.10. The average Bonchev–Trinajstić information content (AvgIpc) is 0.722. The molecule has 0 aliphatic carbocycles. The largest absolute Gasteiger partial charge is 0.412 e. The van der Waals surface area contributed by atoms with Crippen molar-refractivity contribution in [2.24, 2.45) is 0 Å². The van der Waals surface area contributed by atoms with Crippen molar-refractivity contribution in [2.75, 3.05) is 0 Å². The van der Waals surface area contributed by atoms with Crippen molar-refractivity contribution < 1.29 is 83.6 Å². The van der Waals surface area contributed by atoms with Crippen LogP contribution in [0.1, 0.15) is 0 Å². The van der Waals surface area contributed by atoms with E-state index in [0.29, 0.717) is 0 Å². The molecule has 0 aromatic carbocycles. The molecule has 0 atom stereocenters. The molecule has 0 heterocycles. The molecule has 15 heavy (non-hydrogen) atoms. The van der Waals surface area contributed by atoms with Gasteiger partial charge in [-0.1, -0.05) is 0 Å². The summed E-state index contributed by atoms with van der Waals surface area (Å²) < 4.78 is 31.6. The molecular formula is H20CoO13S. The number of rotatable bonds is 0. The van der Waals surface area contributed by atoms with Gasteiger partial charge in [0.05, 0.1) is 0 Å². The minimum absolute atomic E-state index is 0. The molecule has 0 unspecified atom stereocenters. The maximum Gasteiger partial charge on any atom is 0.394 e. The van der Waals surface area contributed by atoms with Gasteiger partial charge in [0.25, 0.3) is 0 Å². The van der Waals surface area contributed by atoms with E-state index >= 15 is 0 Å². The summed E-state index contributed by atoms with van der Waals surface area (Å²) in [6.07, 6.45) is 0. The van der Waals surface area contributed by atoms with Crippen molar-refractivity contribution >= 4 is 10.4 Å². The Bertz CT molecular complexity index is 93.7. The second kappa shape index (κ2) is 65.6. The molecule has 0 aliphatic rings. The SMILES string of the molecule is O.O.O.O.O.O.O.O.O.O=S(=O)(O)O.[Co]. The first-order valence-electron chi connectivity index (χ1n) is 0.698.